The Hall–Kier alpha value is -1.52. The molecular weight excluding hydrogens is 294 g/mol. The van der Waals surface area contributed by atoms with Crippen LogP contribution >= 0.6 is 22.9 Å². The highest BCUT2D eigenvalue weighted by Crippen LogP contribution is 2.23. The fraction of sp³-hybridized carbons (Fsp3) is 0.267. The van der Waals surface area contributed by atoms with Crippen molar-refractivity contribution in [3.63, 3.8) is 0 Å². The van der Waals surface area contributed by atoms with E-state index in [1.807, 2.05) is 24.4 Å². The molecule has 0 saturated heterocycles. The molecule has 2 aromatic rings. The van der Waals surface area contributed by atoms with E-state index in [1.54, 1.807) is 35.4 Å². The zero-order valence-electron chi connectivity index (χ0n) is 11.4. The number of aryl methyl sites for hydroxylation is 1. The number of rotatable bonds is 5. The van der Waals surface area contributed by atoms with Crippen LogP contribution in [0.1, 0.15) is 10.4 Å². The lowest BCUT2D eigenvalue weighted by molar-refractivity contribution is -0.132. The quantitative estimate of drug-likeness (QED) is 0.842. The summed E-state index contributed by atoms with van der Waals surface area (Å²) < 4.78 is 5.45. The zero-order valence-corrected chi connectivity index (χ0v) is 13.0. The van der Waals surface area contributed by atoms with Crippen molar-refractivity contribution in [2.24, 2.45) is 0 Å². The summed E-state index contributed by atoms with van der Waals surface area (Å²) in [5, 5.41) is 2.54. The minimum atomic E-state index is -0.0716. The summed E-state index contributed by atoms with van der Waals surface area (Å²) in [5.74, 6) is 0.459. The Balaban J connectivity index is 1.89. The van der Waals surface area contributed by atoms with Crippen molar-refractivity contribution in [1.29, 1.82) is 0 Å². The number of ether oxygens (including phenoxy) is 1. The van der Waals surface area contributed by atoms with Gasteiger partial charge in [-0.05, 0) is 36.1 Å². The van der Waals surface area contributed by atoms with Crippen molar-refractivity contribution in [2.75, 3.05) is 13.7 Å². The van der Waals surface area contributed by atoms with E-state index in [4.69, 9.17) is 16.3 Å². The molecule has 0 bridgehead atoms. The molecule has 5 heteroatoms. The van der Waals surface area contributed by atoms with E-state index in [2.05, 4.69) is 6.07 Å². The number of benzene rings is 1. The molecule has 20 heavy (non-hydrogen) atoms. The van der Waals surface area contributed by atoms with Crippen molar-refractivity contribution in [3.05, 3.63) is 51.2 Å². The van der Waals surface area contributed by atoms with Gasteiger partial charge in [0.1, 0.15) is 5.75 Å². The van der Waals surface area contributed by atoms with E-state index in [0.29, 0.717) is 17.3 Å². The second-order valence-corrected chi connectivity index (χ2v) is 5.90. The summed E-state index contributed by atoms with van der Waals surface area (Å²) in [5.41, 5.74) is 1.21. The monoisotopic (exact) mass is 309 g/mol. The molecular formula is C15H16ClNO2S. The number of likely N-dealkylation sites (N-methyl/N-ethyl adjacent to an activating group) is 1. The Bertz CT molecular complexity index is 597. The van der Waals surface area contributed by atoms with Gasteiger partial charge in [0, 0.05) is 11.9 Å². The van der Waals surface area contributed by atoms with Gasteiger partial charge in [-0.3, -0.25) is 4.79 Å². The van der Waals surface area contributed by atoms with Crippen molar-refractivity contribution in [3.8, 4) is 5.75 Å². The number of thiophene rings is 1. The third-order valence-electron chi connectivity index (χ3n) is 2.96. The number of nitrogens with zero attached hydrogens (tertiary/aromatic N) is 1. The number of carbonyl (C=O) groups is 1. The minimum Gasteiger partial charge on any atom is -0.482 e. The van der Waals surface area contributed by atoms with Crippen molar-refractivity contribution >= 4 is 28.8 Å². The fourth-order valence-electron chi connectivity index (χ4n) is 1.68. The maximum absolute atomic E-state index is 12.0. The Morgan fingerprint density at radius 3 is 2.75 bits per heavy atom. The lowest BCUT2D eigenvalue weighted by Gasteiger charge is -2.17. The summed E-state index contributed by atoms with van der Waals surface area (Å²) in [7, 11) is 1.78. The van der Waals surface area contributed by atoms with Gasteiger partial charge in [0.15, 0.2) is 6.61 Å². The molecule has 0 N–H and O–H groups in total. The van der Waals surface area contributed by atoms with Gasteiger partial charge in [-0.15, -0.1) is 11.3 Å². The second kappa shape index (κ2) is 6.77. The summed E-state index contributed by atoms with van der Waals surface area (Å²) in [6.07, 6.45) is 0. The number of halogens is 1. The Kier molecular flexibility index (Phi) is 5.04. The Morgan fingerprint density at radius 2 is 2.10 bits per heavy atom. The number of para-hydroxylation sites is 1. The van der Waals surface area contributed by atoms with Gasteiger partial charge in [0.25, 0.3) is 5.91 Å². The third-order valence-corrected chi connectivity index (χ3v) is 4.28. The SMILES string of the molecule is Cc1ccsc1CN(C)C(=O)COc1ccccc1Cl. The van der Waals surface area contributed by atoms with Crippen LogP contribution in [0.2, 0.25) is 5.02 Å². The molecule has 0 atom stereocenters. The highest BCUT2D eigenvalue weighted by molar-refractivity contribution is 7.10. The standard InChI is InChI=1S/C15H16ClNO2S/c1-11-7-8-20-14(11)9-17(2)15(18)10-19-13-6-4-3-5-12(13)16/h3-8H,9-10H2,1-2H3. The summed E-state index contributed by atoms with van der Waals surface area (Å²) in [4.78, 5) is 14.9. The van der Waals surface area contributed by atoms with Crippen molar-refractivity contribution in [1.82, 2.24) is 4.90 Å². The molecule has 1 amide bonds. The molecule has 106 valence electrons. The second-order valence-electron chi connectivity index (χ2n) is 4.50. The Morgan fingerprint density at radius 1 is 1.35 bits per heavy atom. The first-order valence-electron chi connectivity index (χ1n) is 6.22. The summed E-state index contributed by atoms with van der Waals surface area (Å²) in [6.45, 7) is 2.64. The van der Waals surface area contributed by atoms with Crippen LogP contribution in [0.25, 0.3) is 0 Å². The molecule has 1 heterocycles. The lowest BCUT2D eigenvalue weighted by atomic mass is 10.3. The van der Waals surface area contributed by atoms with Crippen LogP contribution in [-0.2, 0) is 11.3 Å². The number of carbonyl (C=O) groups excluding carboxylic acids is 1. The number of hydrogen-bond donors (Lipinski definition) is 0. The number of amides is 1. The molecule has 0 fully saturated rings. The minimum absolute atomic E-state index is 0.00927. The van der Waals surface area contributed by atoms with E-state index < -0.39 is 0 Å². The first kappa shape index (κ1) is 14.9. The van der Waals surface area contributed by atoms with E-state index in [1.165, 1.54) is 10.4 Å². The van der Waals surface area contributed by atoms with Crippen LogP contribution in [0.5, 0.6) is 5.75 Å². The third kappa shape index (κ3) is 3.74. The van der Waals surface area contributed by atoms with Gasteiger partial charge < -0.3 is 9.64 Å². The molecule has 0 aliphatic rings. The van der Waals surface area contributed by atoms with Crippen molar-refractivity contribution < 1.29 is 9.53 Å². The van der Waals surface area contributed by atoms with Gasteiger partial charge in [-0.2, -0.15) is 0 Å². The smallest absolute Gasteiger partial charge is 0.260 e. The van der Waals surface area contributed by atoms with E-state index in [9.17, 15) is 4.79 Å². The molecule has 0 unspecified atom stereocenters. The largest absolute Gasteiger partial charge is 0.482 e. The molecule has 0 radical (unpaired) electrons. The average Bonchev–Trinajstić information content (AvgIpc) is 2.83. The topological polar surface area (TPSA) is 29.5 Å². The molecule has 0 aliphatic heterocycles. The van der Waals surface area contributed by atoms with Crippen LogP contribution in [0.15, 0.2) is 35.7 Å². The molecule has 3 nitrogen and oxygen atoms in total. The molecule has 1 aromatic heterocycles. The zero-order chi connectivity index (χ0) is 14.5. The number of hydrogen-bond acceptors (Lipinski definition) is 3. The maximum atomic E-state index is 12.0. The van der Waals surface area contributed by atoms with Crippen LogP contribution < -0.4 is 4.74 Å². The lowest BCUT2D eigenvalue weighted by Crippen LogP contribution is -2.30. The Labute approximate surface area is 127 Å². The average molecular weight is 310 g/mol. The van der Waals surface area contributed by atoms with Crippen LogP contribution in [0, 0.1) is 6.92 Å². The van der Waals surface area contributed by atoms with Gasteiger partial charge >= 0.3 is 0 Å². The van der Waals surface area contributed by atoms with E-state index >= 15 is 0 Å². The molecule has 0 spiro atoms. The van der Waals surface area contributed by atoms with Gasteiger partial charge in [0.05, 0.1) is 11.6 Å². The van der Waals surface area contributed by atoms with E-state index in [0.717, 1.165) is 0 Å². The summed E-state index contributed by atoms with van der Waals surface area (Å²) >= 11 is 7.63. The maximum Gasteiger partial charge on any atom is 0.260 e. The predicted octanol–water partition coefficient (Wildman–Crippen LogP) is 3.75. The van der Waals surface area contributed by atoms with Crippen LogP contribution in [0.3, 0.4) is 0 Å². The van der Waals surface area contributed by atoms with E-state index in [-0.39, 0.29) is 12.5 Å². The van der Waals surface area contributed by atoms with Gasteiger partial charge in [-0.1, -0.05) is 23.7 Å². The fourth-order valence-corrected chi connectivity index (χ4v) is 2.83. The summed E-state index contributed by atoms with van der Waals surface area (Å²) in [6, 6.07) is 9.19. The predicted molar refractivity (Wildman–Crippen MR) is 82.5 cm³/mol. The first-order chi connectivity index (χ1) is 9.58. The van der Waals surface area contributed by atoms with Crippen LogP contribution in [-0.4, -0.2) is 24.5 Å². The molecule has 0 aliphatic carbocycles. The van der Waals surface area contributed by atoms with Crippen LogP contribution in [0.4, 0.5) is 0 Å². The highest BCUT2D eigenvalue weighted by Gasteiger charge is 2.12. The van der Waals surface area contributed by atoms with Gasteiger partial charge in [0.2, 0.25) is 0 Å². The normalized spacial score (nSPS) is 10.3. The van der Waals surface area contributed by atoms with Crippen molar-refractivity contribution in [2.45, 2.75) is 13.5 Å². The molecule has 1 aromatic carbocycles. The van der Waals surface area contributed by atoms with Gasteiger partial charge in [-0.25, -0.2) is 0 Å². The molecule has 2 rings (SSSR count). The highest BCUT2D eigenvalue weighted by atomic mass is 35.5. The molecule has 0 saturated carbocycles. The first-order valence-corrected chi connectivity index (χ1v) is 7.48.